The molecule has 1 aliphatic rings. The van der Waals surface area contributed by atoms with Crippen molar-refractivity contribution in [3.05, 3.63) is 0 Å². The van der Waals surface area contributed by atoms with E-state index < -0.39 is 21.5 Å². The van der Waals surface area contributed by atoms with Crippen molar-refractivity contribution in [1.29, 1.82) is 0 Å². The summed E-state index contributed by atoms with van der Waals surface area (Å²) in [6, 6.07) is 0. The normalized spacial score (nSPS) is 17.0. The second kappa shape index (κ2) is 7.96. The Morgan fingerprint density at radius 3 is 2.17 bits per heavy atom. The Kier molecular flexibility index (Phi) is 6.82. The predicted octanol–water partition coefficient (Wildman–Crippen LogP) is 0.253. The number of nitrogens with zero attached hydrogens (tertiary/aromatic N) is 2. The van der Waals surface area contributed by atoms with Crippen molar-refractivity contribution in [1.82, 2.24) is 14.5 Å². The number of carbonyl (C=O) groups is 2. The summed E-state index contributed by atoms with van der Waals surface area (Å²) >= 11 is 0. The van der Waals surface area contributed by atoms with Gasteiger partial charge in [-0.15, -0.1) is 0 Å². The molecule has 9 heteroatoms. The van der Waals surface area contributed by atoms with Crippen LogP contribution in [0, 0.1) is 5.41 Å². The Balaban J connectivity index is 2.44. The maximum Gasteiger partial charge on any atom is 0.409 e. The Morgan fingerprint density at radius 2 is 1.70 bits per heavy atom. The molecule has 0 radical (unpaired) electrons. The fourth-order valence-electron chi connectivity index (χ4n) is 2.05. The van der Waals surface area contributed by atoms with Gasteiger partial charge < -0.3 is 15.0 Å². The van der Waals surface area contributed by atoms with Gasteiger partial charge in [-0.2, -0.15) is 4.31 Å². The van der Waals surface area contributed by atoms with Crippen LogP contribution in [0.2, 0.25) is 0 Å². The third-order valence-corrected chi connectivity index (χ3v) is 5.36. The van der Waals surface area contributed by atoms with Crippen molar-refractivity contribution in [2.45, 2.75) is 27.7 Å². The van der Waals surface area contributed by atoms with Crippen LogP contribution in [0.1, 0.15) is 27.7 Å². The molecule has 2 amide bonds. The van der Waals surface area contributed by atoms with E-state index in [1.165, 1.54) is 9.21 Å². The van der Waals surface area contributed by atoms with Crippen molar-refractivity contribution in [2.24, 2.45) is 5.41 Å². The molecule has 1 fully saturated rings. The summed E-state index contributed by atoms with van der Waals surface area (Å²) in [4.78, 5) is 24.8. The molecule has 1 aliphatic heterocycles. The summed E-state index contributed by atoms with van der Waals surface area (Å²) in [5.41, 5.74) is -0.547. The molecule has 0 aromatic heterocycles. The van der Waals surface area contributed by atoms with Crippen LogP contribution < -0.4 is 5.32 Å². The van der Waals surface area contributed by atoms with E-state index in [4.69, 9.17) is 4.74 Å². The van der Waals surface area contributed by atoms with E-state index in [0.29, 0.717) is 19.7 Å². The molecule has 23 heavy (non-hydrogen) atoms. The Labute approximate surface area is 138 Å². The summed E-state index contributed by atoms with van der Waals surface area (Å²) in [5, 5.41) is 2.63. The lowest BCUT2D eigenvalue weighted by Gasteiger charge is -2.33. The first-order valence-corrected chi connectivity index (χ1v) is 9.36. The largest absolute Gasteiger partial charge is 0.450 e. The predicted molar refractivity (Wildman–Crippen MR) is 86.4 cm³/mol. The summed E-state index contributed by atoms with van der Waals surface area (Å²) < 4.78 is 30.8. The molecule has 1 saturated heterocycles. The third kappa shape index (κ3) is 5.98. The molecule has 1 rings (SSSR count). The molecule has 0 saturated carbocycles. The highest BCUT2D eigenvalue weighted by Crippen LogP contribution is 2.13. The molecular formula is C14H27N3O5S. The number of rotatable bonds is 5. The highest BCUT2D eigenvalue weighted by molar-refractivity contribution is 7.89. The number of hydrogen-bond donors (Lipinski definition) is 1. The number of carbonyl (C=O) groups excluding carboxylic acids is 2. The summed E-state index contributed by atoms with van der Waals surface area (Å²) in [6.45, 7) is 8.52. The Bertz CT molecular complexity index is 519. The molecule has 1 heterocycles. The zero-order chi connectivity index (χ0) is 17.7. The van der Waals surface area contributed by atoms with Gasteiger partial charge in [-0.1, -0.05) is 20.8 Å². The Hall–Kier alpha value is -1.35. The molecule has 0 atom stereocenters. The molecule has 0 aliphatic carbocycles. The lowest BCUT2D eigenvalue weighted by molar-refractivity contribution is -0.128. The van der Waals surface area contributed by atoms with Crippen molar-refractivity contribution in [3.63, 3.8) is 0 Å². The van der Waals surface area contributed by atoms with E-state index in [0.717, 1.165) is 0 Å². The van der Waals surface area contributed by atoms with Gasteiger partial charge in [-0.3, -0.25) is 4.79 Å². The molecule has 0 aromatic rings. The van der Waals surface area contributed by atoms with E-state index in [9.17, 15) is 18.0 Å². The highest BCUT2D eigenvalue weighted by atomic mass is 32.2. The lowest BCUT2D eigenvalue weighted by Crippen LogP contribution is -2.52. The van der Waals surface area contributed by atoms with Crippen molar-refractivity contribution in [2.75, 3.05) is 45.1 Å². The van der Waals surface area contributed by atoms with E-state index in [1.54, 1.807) is 27.7 Å². The molecule has 1 N–H and O–H groups in total. The van der Waals surface area contributed by atoms with Crippen molar-refractivity contribution >= 4 is 22.0 Å². The lowest BCUT2D eigenvalue weighted by atomic mass is 9.96. The molecule has 134 valence electrons. The van der Waals surface area contributed by atoms with Gasteiger partial charge in [0.1, 0.15) is 0 Å². The average Bonchev–Trinajstić information content (AvgIpc) is 2.46. The van der Waals surface area contributed by atoms with Gasteiger partial charge in [0.15, 0.2) is 0 Å². The van der Waals surface area contributed by atoms with Crippen LogP contribution in [0.25, 0.3) is 0 Å². The maximum atomic E-state index is 12.3. The second-order valence-corrected chi connectivity index (χ2v) is 8.50. The van der Waals surface area contributed by atoms with Crippen LogP contribution in [-0.4, -0.2) is 74.7 Å². The monoisotopic (exact) mass is 349 g/mol. The van der Waals surface area contributed by atoms with E-state index in [-0.39, 0.29) is 31.3 Å². The summed E-state index contributed by atoms with van der Waals surface area (Å²) in [7, 11) is -3.45. The number of piperazine rings is 1. The minimum Gasteiger partial charge on any atom is -0.450 e. The van der Waals surface area contributed by atoms with Crippen LogP contribution in [0.5, 0.6) is 0 Å². The third-order valence-electron chi connectivity index (χ3n) is 3.48. The smallest absolute Gasteiger partial charge is 0.409 e. The fourth-order valence-corrected chi connectivity index (χ4v) is 3.39. The minimum atomic E-state index is -3.45. The zero-order valence-corrected chi connectivity index (χ0v) is 15.1. The van der Waals surface area contributed by atoms with Gasteiger partial charge in [0.2, 0.25) is 15.9 Å². The summed E-state index contributed by atoms with van der Waals surface area (Å²) in [5.74, 6) is -0.325. The Morgan fingerprint density at radius 1 is 1.13 bits per heavy atom. The SMILES string of the molecule is CCOC(=O)N1CCN(S(=O)(=O)CCNC(=O)C(C)(C)C)CC1. The molecule has 0 unspecified atom stereocenters. The van der Waals surface area contributed by atoms with E-state index >= 15 is 0 Å². The number of ether oxygens (including phenoxy) is 1. The maximum absolute atomic E-state index is 12.3. The fraction of sp³-hybridized carbons (Fsp3) is 0.857. The molecule has 0 spiro atoms. The van der Waals surface area contributed by atoms with E-state index in [2.05, 4.69) is 5.32 Å². The number of sulfonamides is 1. The number of nitrogens with one attached hydrogen (secondary N) is 1. The first kappa shape index (κ1) is 19.7. The standard InChI is InChI=1S/C14H27N3O5S/c1-5-22-13(19)16-7-9-17(10-8-16)23(20,21)11-6-15-12(18)14(2,3)4/h5-11H2,1-4H3,(H,15,18). The first-order valence-electron chi connectivity index (χ1n) is 7.75. The van der Waals surface area contributed by atoms with Crippen molar-refractivity contribution < 1.29 is 22.7 Å². The van der Waals surface area contributed by atoms with Crippen LogP contribution in [0.3, 0.4) is 0 Å². The van der Waals surface area contributed by atoms with Crippen LogP contribution >= 0.6 is 0 Å². The molecule has 8 nitrogen and oxygen atoms in total. The van der Waals surface area contributed by atoms with Gasteiger partial charge in [0.05, 0.1) is 12.4 Å². The average molecular weight is 349 g/mol. The van der Waals surface area contributed by atoms with Crippen LogP contribution in [-0.2, 0) is 19.6 Å². The number of amides is 2. The topological polar surface area (TPSA) is 96.0 Å². The van der Waals surface area contributed by atoms with Gasteiger partial charge in [0, 0.05) is 38.1 Å². The van der Waals surface area contributed by atoms with Gasteiger partial charge in [0.25, 0.3) is 0 Å². The summed E-state index contributed by atoms with van der Waals surface area (Å²) in [6.07, 6.45) is -0.415. The van der Waals surface area contributed by atoms with Gasteiger partial charge in [-0.05, 0) is 6.92 Å². The highest BCUT2D eigenvalue weighted by Gasteiger charge is 2.29. The molecule has 0 bridgehead atoms. The first-order chi connectivity index (χ1) is 10.6. The van der Waals surface area contributed by atoms with E-state index in [1.807, 2.05) is 0 Å². The van der Waals surface area contributed by atoms with Gasteiger partial charge >= 0.3 is 6.09 Å². The van der Waals surface area contributed by atoms with Crippen LogP contribution in [0.15, 0.2) is 0 Å². The quantitative estimate of drug-likeness (QED) is 0.768. The molecular weight excluding hydrogens is 322 g/mol. The number of hydrogen-bond acceptors (Lipinski definition) is 5. The van der Waals surface area contributed by atoms with Gasteiger partial charge in [-0.25, -0.2) is 13.2 Å². The van der Waals surface area contributed by atoms with Crippen molar-refractivity contribution in [3.8, 4) is 0 Å². The second-order valence-electron chi connectivity index (χ2n) is 6.41. The van der Waals surface area contributed by atoms with Crippen LogP contribution in [0.4, 0.5) is 4.79 Å². The molecule has 0 aromatic carbocycles. The minimum absolute atomic E-state index is 0.0799. The zero-order valence-electron chi connectivity index (χ0n) is 14.3.